The molecule has 1 saturated carbocycles. The summed E-state index contributed by atoms with van der Waals surface area (Å²) in [7, 11) is 1.66. The van der Waals surface area contributed by atoms with Crippen LogP contribution in [0.25, 0.3) is 0 Å². The highest BCUT2D eigenvalue weighted by molar-refractivity contribution is 5.97. The number of fused-ring (bicyclic) bond motifs is 1. The fourth-order valence-corrected chi connectivity index (χ4v) is 4.34. The second kappa shape index (κ2) is 4.26. The van der Waals surface area contributed by atoms with Crippen LogP contribution < -0.4 is 4.74 Å². The maximum atomic E-state index is 12.5. The first-order chi connectivity index (χ1) is 10.2. The van der Waals surface area contributed by atoms with Gasteiger partial charge in [-0.25, -0.2) is 0 Å². The first-order valence-electron chi connectivity index (χ1n) is 7.60. The highest BCUT2D eigenvalue weighted by atomic mass is 16.5. The number of carbonyl (C=O) groups is 1. The second-order valence-corrected chi connectivity index (χ2v) is 6.12. The zero-order valence-corrected chi connectivity index (χ0v) is 12.2. The van der Waals surface area contributed by atoms with Crippen molar-refractivity contribution in [2.45, 2.75) is 37.6 Å². The molecule has 21 heavy (non-hydrogen) atoms. The minimum atomic E-state index is -0.415. The van der Waals surface area contributed by atoms with E-state index in [1.54, 1.807) is 7.11 Å². The number of carbonyl (C=O) groups excluding carboxylic acids is 1. The molecule has 0 bridgehead atoms. The van der Waals surface area contributed by atoms with Gasteiger partial charge in [-0.1, -0.05) is 12.5 Å². The van der Waals surface area contributed by atoms with E-state index in [9.17, 15) is 9.90 Å². The molecule has 3 aliphatic rings. The molecule has 0 unspecified atom stereocenters. The van der Waals surface area contributed by atoms with E-state index in [0.717, 1.165) is 49.0 Å². The Kier molecular flexibility index (Phi) is 2.59. The highest BCUT2D eigenvalue weighted by Crippen LogP contribution is 2.54. The number of rotatable bonds is 1. The molecule has 1 amide bonds. The van der Waals surface area contributed by atoms with Crippen molar-refractivity contribution in [1.29, 1.82) is 0 Å². The molecule has 1 fully saturated rings. The van der Waals surface area contributed by atoms with E-state index >= 15 is 0 Å². The van der Waals surface area contributed by atoms with Gasteiger partial charge in [0.15, 0.2) is 5.76 Å². The van der Waals surface area contributed by atoms with Gasteiger partial charge in [-0.15, -0.1) is 0 Å². The largest absolute Gasteiger partial charge is 0.503 e. The predicted molar refractivity (Wildman–Crippen MR) is 78.2 cm³/mol. The molecule has 1 aliphatic carbocycles. The van der Waals surface area contributed by atoms with Gasteiger partial charge in [-0.3, -0.25) is 4.79 Å². The molecule has 1 N–H and O–H groups in total. The second-order valence-electron chi connectivity index (χ2n) is 6.12. The fraction of sp³-hybridized carbons (Fsp3) is 0.471. The van der Waals surface area contributed by atoms with E-state index in [4.69, 9.17) is 4.74 Å². The maximum Gasteiger partial charge on any atom is 0.289 e. The van der Waals surface area contributed by atoms with Gasteiger partial charge in [-0.05, 0) is 48.9 Å². The standard InChI is InChI=1S/C17H19NO3/c1-21-12-6-5-11-7-9-18-16(20)15(19)13-4-2-3-8-17(13,18)14(11)10-12/h5-6,10,19H,2-4,7-9H2,1H3/t17-/m0/s1. The molecule has 1 aromatic carbocycles. The molecular weight excluding hydrogens is 266 g/mol. The highest BCUT2D eigenvalue weighted by Gasteiger charge is 2.55. The van der Waals surface area contributed by atoms with Crippen LogP contribution in [-0.2, 0) is 16.8 Å². The van der Waals surface area contributed by atoms with Gasteiger partial charge in [0.25, 0.3) is 5.91 Å². The van der Waals surface area contributed by atoms with Crippen molar-refractivity contribution in [3.63, 3.8) is 0 Å². The summed E-state index contributed by atoms with van der Waals surface area (Å²) in [6, 6.07) is 6.14. The molecule has 110 valence electrons. The average molecular weight is 285 g/mol. The summed E-state index contributed by atoms with van der Waals surface area (Å²) in [5, 5.41) is 10.3. The third kappa shape index (κ3) is 1.48. The molecule has 4 rings (SSSR count). The number of hydrogen-bond donors (Lipinski definition) is 1. The summed E-state index contributed by atoms with van der Waals surface area (Å²) >= 11 is 0. The lowest BCUT2D eigenvalue weighted by atomic mass is 9.69. The molecule has 1 spiro atoms. The number of benzene rings is 1. The topological polar surface area (TPSA) is 49.8 Å². The quantitative estimate of drug-likeness (QED) is 0.863. The summed E-state index contributed by atoms with van der Waals surface area (Å²) in [4.78, 5) is 14.3. The Labute approximate surface area is 124 Å². The minimum absolute atomic E-state index is 0.00892. The normalized spacial score (nSPS) is 27.3. The molecule has 1 aromatic rings. The van der Waals surface area contributed by atoms with Crippen LogP contribution in [0, 0.1) is 0 Å². The summed E-state index contributed by atoms with van der Waals surface area (Å²) in [5.41, 5.74) is 2.93. The van der Waals surface area contributed by atoms with Crippen LogP contribution in [0.1, 0.15) is 36.8 Å². The Hall–Kier alpha value is -1.97. The van der Waals surface area contributed by atoms with Crippen molar-refractivity contribution in [2.75, 3.05) is 13.7 Å². The van der Waals surface area contributed by atoms with Gasteiger partial charge >= 0.3 is 0 Å². The van der Waals surface area contributed by atoms with Crippen LogP contribution in [0.15, 0.2) is 29.5 Å². The summed E-state index contributed by atoms with van der Waals surface area (Å²) in [6.45, 7) is 0.686. The number of methoxy groups -OCH3 is 1. The van der Waals surface area contributed by atoms with E-state index < -0.39 is 5.54 Å². The lowest BCUT2D eigenvalue weighted by Crippen LogP contribution is -2.51. The van der Waals surface area contributed by atoms with Crippen LogP contribution in [0.4, 0.5) is 0 Å². The van der Waals surface area contributed by atoms with Gasteiger partial charge in [0.05, 0.1) is 12.6 Å². The molecule has 0 radical (unpaired) electrons. The SMILES string of the molecule is COc1ccc2c(c1)[C@]13CCCCC1=C(O)C(=O)N3CC2. The monoisotopic (exact) mass is 285 g/mol. The van der Waals surface area contributed by atoms with Crippen LogP contribution in [0.5, 0.6) is 5.75 Å². The lowest BCUT2D eigenvalue weighted by Gasteiger charge is -2.47. The van der Waals surface area contributed by atoms with Crippen LogP contribution in [0.3, 0.4) is 0 Å². The van der Waals surface area contributed by atoms with Crippen LogP contribution in [-0.4, -0.2) is 29.6 Å². The van der Waals surface area contributed by atoms with Crippen molar-refractivity contribution < 1.29 is 14.6 Å². The van der Waals surface area contributed by atoms with Crippen LogP contribution >= 0.6 is 0 Å². The Morgan fingerprint density at radius 2 is 2.14 bits per heavy atom. The number of hydrogen-bond acceptors (Lipinski definition) is 3. The van der Waals surface area contributed by atoms with E-state index in [1.165, 1.54) is 5.56 Å². The Bertz CT molecular complexity index is 664. The van der Waals surface area contributed by atoms with Gasteiger partial charge in [0, 0.05) is 12.1 Å². The minimum Gasteiger partial charge on any atom is -0.503 e. The molecule has 2 heterocycles. The molecular formula is C17H19NO3. The third-order valence-corrected chi connectivity index (χ3v) is 5.28. The zero-order chi connectivity index (χ0) is 14.6. The van der Waals surface area contributed by atoms with Crippen molar-refractivity contribution >= 4 is 5.91 Å². The fourth-order valence-electron chi connectivity index (χ4n) is 4.34. The number of nitrogens with zero attached hydrogens (tertiary/aromatic N) is 1. The Balaban J connectivity index is 1.98. The van der Waals surface area contributed by atoms with Crippen molar-refractivity contribution in [3.8, 4) is 5.75 Å². The summed E-state index contributed by atoms with van der Waals surface area (Å²) in [6.07, 6.45) is 4.68. The Morgan fingerprint density at radius 3 is 2.95 bits per heavy atom. The maximum absolute atomic E-state index is 12.5. The number of ether oxygens (including phenoxy) is 1. The van der Waals surface area contributed by atoms with E-state index in [-0.39, 0.29) is 11.7 Å². The molecule has 4 nitrogen and oxygen atoms in total. The van der Waals surface area contributed by atoms with Gasteiger partial charge in [0.2, 0.25) is 0 Å². The smallest absolute Gasteiger partial charge is 0.289 e. The first-order valence-corrected chi connectivity index (χ1v) is 7.60. The number of aliphatic hydroxyl groups excluding tert-OH is 1. The Morgan fingerprint density at radius 1 is 1.29 bits per heavy atom. The van der Waals surface area contributed by atoms with Gasteiger partial charge in [0.1, 0.15) is 5.75 Å². The van der Waals surface area contributed by atoms with Crippen LogP contribution in [0.2, 0.25) is 0 Å². The summed E-state index contributed by atoms with van der Waals surface area (Å²) < 4.78 is 5.38. The number of amides is 1. The molecule has 1 atom stereocenters. The number of aliphatic hydroxyl groups is 1. The van der Waals surface area contributed by atoms with E-state index in [0.29, 0.717) is 6.54 Å². The first kappa shape index (κ1) is 12.7. The molecule has 0 saturated heterocycles. The predicted octanol–water partition coefficient (Wildman–Crippen LogP) is 2.67. The van der Waals surface area contributed by atoms with Gasteiger partial charge in [-0.2, -0.15) is 0 Å². The molecule has 2 aliphatic heterocycles. The van der Waals surface area contributed by atoms with E-state index in [1.807, 2.05) is 11.0 Å². The van der Waals surface area contributed by atoms with Gasteiger partial charge < -0.3 is 14.7 Å². The average Bonchev–Trinajstić information content (AvgIpc) is 2.76. The zero-order valence-electron chi connectivity index (χ0n) is 12.2. The molecule has 4 heteroatoms. The van der Waals surface area contributed by atoms with Crippen molar-refractivity contribution in [2.24, 2.45) is 0 Å². The molecule has 0 aromatic heterocycles. The van der Waals surface area contributed by atoms with E-state index in [2.05, 4.69) is 12.1 Å². The summed E-state index contributed by atoms with van der Waals surface area (Å²) in [5.74, 6) is 0.611. The van der Waals surface area contributed by atoms with Crippen molar-refractivity contribution in [3.05, 3.63) is 40.7 Å². The third-order valence-electron chi connectivity index (χ3n) is 5.28. The lowest BCUT2D eigenvalue weighted by molar-refractivity contribution is -0.133. The van der Waals surface area contributed by atoms with Crippen molar-refractivity contribution in [1.82, 2.24) is 4.90 Å².